The van der Waals surface area contributed by atoms with E-state index in [4.69, 9.17) is 0 Å². The second-order valence-corrected chi connectivity index (χ2v) is 4.86. The van der Waals surface area contributed by atoms with Crippen LogP contribution in [0.15, 0.2) is 18.2 Å². The standard InChI is InChI=1S/C13H16F2N2OS/c14-10-2-1-3-11(13(10)15)16-5-7-17(8-6-16)12(18)4-9-19/h1-3,19H,4-9H2. The number of nitrogens with zero attached hydrogens (tertiary/aromatic N) is 2. The van der Waals surface area contributed by atoms with Crippen LogP contribution in [0.5, 0.6) is 0 Å². The summed E-state index contributed by atoms with van der Waals surface area (Å²) >= 11 is 4.03. The van der Waals surface area contributed by atoms with Crippen LogP contribution >= 0.6 is 12.6 Å². The summed E-state index contributed by atoms with van der Waals surface area (Å²) in [6.07, 6.45) is 0.414. The van der Waals surface area contributed by atoms with Crippen molar-refractivity contribution in [3.05, 3.63) is 29.8 Å². The summed E-state index contributed by atoms with van der Waals surface area (Å²) in [6, 6.07) is 4.15. The van der Waals surface area contributed by atoms with Gasteiger partial charge in [-0.2, -0.15) is 12.6 Å². The number of hydrogen-bond acceptors (Lipinski definition) is 3. The van der Waals surface area contributed by atoms with Gasteiger partial charge in [0, 0.05) is 32.6 Å². The molecule has 0 N–H and O–H groups in total. The smallest absolute Gasteiger partial charge is 0.223 e. The quantitative estimate of drug-likeness (QED) is 0.858. The van der Waals surface area contributed by atoms with Crippen molar-refractivity contribution >= 4 is 24.2 Å². The molecule has 0 radical (unpaired) electrons. The topological polar surface area (TPSA) is 23.6 Å². The first kappa shape index (κ1) is 14.1. The number of piperazine rings is 1. The van der Waals surface area contributed by atoms with Crippen molar-refractivity contribution in [2.75, 3.05) is 36.8 Å². The zero-order chi connectivity index (χ0) is 13.8. The third-order valence-electron chi connectivity index (χ3n) is 3.23. The molecule has 1 amide bonds. The van der Waals surface area contributed by atoms with Gasteiger partial charge in [-0.25, -0.2) is 8.78 Å². The van der Waals surface area contributed by atoms with Gasteiger partial charge in [-0.05, 0) is 17.9 Å². The van der Waals surface area contributed by atoms with Crippen LogP contribution in [0.3, 0.4) is 0 Å². The average molecular weight is 286 g/mol. The first-order valence-electron chi connectivity index (χ1n) is 6.21. The number of carbonyl (C=O) groups excluding carboxylic acids is 1. The molecule has 1 saturated heterocycles. The Bertz CT molecular complexity index is 462. The summed E-state index contributed by atoms with van der Waals surface area (Å²) in [6.45, 7) is 2.09. The van der Waals surface area contributed by atoms with Crippen LogP contribution in [0.2, 0.25) is 0 Å². The van der Waals surface area contributed by atoms with E-state index in [1.807, 2.05) is 0 Å². The van der Waals surface area contributed by atoms with Crippen molar-refractivity contribution in [1.82, 2.24) is 4.90 Å². The Kier molecular flexibility index (Phi) is 4.63. The van der Waals surface area contributed by atoms with E-state index in [1.165, 1.54) is 6.07 Å². The lowest BCUT2D eigenvalue weighted by Gasteiger charge is -2.36. The minimum Gasteiger partial charge on any atom is -0.366 e. The first-order valence-corrected chi connectivity index (χ1v) is 6.84. The molecule has 1 aliphatic heterocycles. The molecule has 0 aromatic heterocycles. The van der Waals surface area contributed by atoms with Gasteiger partial charge in [0.2, 0.25) is 5.91 Å². The van der Waals surface area contributed by atoms with E-state index in [1.54, 1.807) is 15.9 Å². The average Bonchev–Trinajstić information content (AvgIpc) is 2.42. The van der Waals surface area contributed by atoms with Crippen LogP contribution in [0.4, 0.5) is 14.5 Å². The first-order chi connectivity index (χ1) is 9.13. The molecule has 1 heterocycles. The lowest BCUT2D eigenvalue weighted by molar-refractivity contribution is -0.131. The van der Waals surface area contributed by atoms with Crippen LogP contribution in [0.1, 0.15) is 6.42 Å². The van der Waals surface area contributed by atoms with E-state index >= 15 is 0 Å². The number of benzene rings is 1. The monoisotopic (exact) mass is 286 g/mol. The van der Waals surface area contributed by atoms with Crippen LogP contribution < -0.4 is 4.90 Å². The SMILES string of the molecule is O=C(CCS)N1CCN(c2cccc(F)c2F)CC1. The molecule has 1 aromatic rings. The van der Waals surface area contributed by atoms with Crippen molar-refractivity contribution in [3.63, 3.8) is 0 Å². The third kappa shape index (κ3) is 3.18. The number of rotatable bonds is 3. The van der Waals surface area contributed by atoms with Gasteiger partial charge >= 0.3 is 0 Å². The van der Waals surface area contributed by atoms with Gasteiger partial charge < -0.3 is 9.80 Å². The minimum atomic E-state index is -0.842. The van der Waals surface area contributed by atoms with Gasteiger partial charge in [0.25, 0.3) is 0 Å². The van der Waals surface area contributed by atoms with Crippen molar-refractivity contribution in [3.8, 4) is 0 Å². The van der Waals surface area contributed by atoms with Crippen LogP contribution in [0, 0.1) is 11.6 Å². The molecule has 19 heavy (non-hydrogen) atoms. The van der Waals surface area contributed by atoms with E-state index in [2.05, 4.69) is 12.6 Å². The molecule has 0 atom stereocenters. The van der Waals surface area contributed by atoms with Crippen LogP contribution in [-0.4, -0.2) is 42.7 Å². The lowest BCUT2D eigenvalue weighted by atomic mass is 10.2. The Morgan fingerprint density at radius 3 is 2.53 bits per heavy atom. The molecule has 1 aromatic carbocycles. The molecule has 0 unspecified atom stereocenters. The van der Waals surface area contributed by atoms with Gasteiger partial charge in [0.15, 0.2) is 11.6 Å². The predicted molar refractivity (Wildman–Crippen MR) is 73.6 cm³/mol. The summed E-state index contributed by atoms with van der Waals surface area (Å²) in [7, 11) is 0. The number of amides is 1. The second-order valence-electron chi connectivity index (χ2n) is 4.41. The highest BCUT2D eigenvalue weighted by molar-refractivity contribution is 7.80. The van der Waals surface area contributed by atoms with E-state index in [-0.39, 0.29) is 11.6 Å². The summed E-state index contributed by atoms with van der Waals surface area (Å²) < 4.78 is 26.8. The molecular formula is C13H16F2N2OS. The lowest BCUT2D eigenvalue weighted by Crippen LogP contribution is -2.49. The molecule has 0 spiro atoms. The number of halogens is 2. The Hall–Kier alpha value is -1.30. The minimum absolute atomic E-state index is 0.0642. The van der Waals surface area contributed by atoms with E-state index in [0.29, 0.717) is 38.4 Å². The van der Waals surface area contributed by atoms with Gasteiger partial charge in [-0.15, -0.1) is 0 Å². The highest BCUT2D eigenvalue weighted by Gasteiger charge is 2.23. The fourth-order valence-electron chi connectivity index (χ4n) is 2.19. The Balaban J connectivity index is 2.00. The molecule has 1 fully saturated rings. The Labute approximate surface area is 116 Å². The third-order valence-corrected chi connectivity index (χ3v) is 3.45. The fourth-order valence-corrected chi connectivity index (χ4v) is 2.38. The molecular weight excluding hydrogens is 270 g/mol. The van der Waals surface area contributed by atoms with Crippen molar-refractivity contribution < 1.29 is 13.6 Å². The second kappa shape index (κ2) is 6.23. The van der Waals surface area contributed by atoms with Crippen molar-refractivity contribution in [1.29, 1.82) is 0 Å². The summed E-state index contributed by atoms with van der Waals surface area (Å²) in [4.78, 5) is 15.2. The Morgan fingerprint density at radius 1 is 1.21 bits per heavy atom. The zero-order valence-electron chi connectivity index (χ0n) is 10.5. The maximum absolute atomic E-state index is 13.7. The molecule has 3 nitrogen and oxygen atoms in total. The molecule has 2 rings (SSSR count). The number of carbonyl (C=O) groups is 1. The van der Waals surface area contributed by atoms with Crippen molar-refractivity contribution in [2.24, 2.45) is 0 Å². The van der Waals surface area contributed by atoms with E-state index in [0.717, 1.165) is 6.07 Å². The van der Waals surface area contributed by atoms with Crippen LogP contribution in [-0.2, 0) is 4.79 Å². The maximum Gasteiger partial charge on any atom is 0.223 e. The number of anilines is 1. The highest BCUT2D eigenvalue weighted by atomic mass is 32.1. The maximum atomic E-state index is 13.7. The highest BCUT2D eigenvalue weighted by Crippen LogP contribution is 2.22. The molecule has 0 saturated carbocycles. The number of thiol groups is 1. The predicted octanol–water partition coefficient (Wildman–Crippen LogP) is 1.93. The van der Waals surface area contributed by atoms with E-state index < -0.39 is 11.6 Å². The van der Waals surface area contributed by atoms with E-state index in [9.17, 15) is 13.6 Å². The van der Waals surface area contributed by atoms with Crippen LogP contribution in [0.25, 0.3) is 0 Å². The molecule has 0 aliphatic carbocycles. The zero-order valence-corrected chi connectivity index (χ0v) is 11.4. The Morgan fingerprint density at radius 2 is 1.89 bits per heavy atom. The normalized spacial score (nSPS) is 15.7. The summed E-state index contributed by atoms with van der Waals surface area (Å²) in [5, 5.41) is 0. The van der Waals surface area contributed by atoms with Gasteiger partial charge in [0.1, 0.15) is 0 Å². The summed E-state index contributed by atoms with van der Waals surface area (Å²) in [5.41, 5.74) is 0.265. The molecule has 104 valence electrons. The van der Waals surface area contributed by atoms with Gasteiger partial charge in [0.05, 0.1) is 5.69 Å². The molecule has 1 aliphatic rings. The molecule has 6 heteroatoms. The van der Waals surface area contributed by atoms with Crippen molar-refractivity contribution in [2.45, 2.75) is 6.42 Å². The van der Waals surface area contributed by atoms with Gasteiger partial charge in [-0.3, -0.25) is 4.79 Å². The largest absolute Gasteiger partial charge is 0.366 e. The fraction of sp³-hybridized carbons (Fsp3) is 0.462. The van der Waals surface area contributed by atoms with Gasteiger partial charge in [-0.1, -0.05) is 6.07 Å². The molecule has 0 bridgehead atoms. The number of hydrogen-bond donors (Lipinski definition) is 1. The summed E-state index contributed by atoms with van der Waals surface area (Å²) in [5.74, 6) is -1.07.